The summed E-state index contributed by atoms with van der Waals surface area (Å²) in [5.41, 5.74) is 6.70. The van der Waals surface area contributed by atoms with Crippen molar-refractivity contribution in [3.05, 3.63) is 29.8 Å². The zero-order valence-electron chi connectivity index (χ0n) is 20.0. The number of thioether (sulfide) groups is 1. The fourth-order valence-electron chi connectivity index (χ4n) is 3.13. The van der Waals surface area contributed by atoms with E-state index in [1.165, 1.54) is 30.8 Å². The number of nitrogens with two attached hydrogens (primary N) is 1. The number of hydrogen-bond acceptors (Lipinski definition) is 7. The summed E-state index contributed by atoms with van der Waals surface area (Å²) in [7, 11) is 0. The highest BCUT2D eigenvalue weighted by Gasteiger charge is 2.29. The molecule has 1 rings (SSSR count). The van der Waals surface area contributed by atoms with Crippen LogP contribution < -0.4 is 21.7 Å². The monoisotopic (exact) mass is 496 g/mol. The number of phenolic OH excluding ortho intramolecular Hbond substituents is 1. The predicted octanol–water partition coefficient (Wildman–Crippen LogP) is 0.620. The molecule has 190 valence electrons. The summed E-state index contributed by atoms with van der Waals surface area (Å²) in [5.74, 6) is -2.13. The van der Waals surface area contributed by atoms with Crippen LogP contribution in [0.25, 0.3) is 0 Å². The van der Waals surface area contributed by atoms with E-state index >= 15 is 0 Å². The van der Waals surface area contributed by atoms with Crippen molar-refractivity contribution in [2.45, 2.75) is 64.2 Å². The van der Waals surface area contributed by atoms with Crippen LogP contribution in [-0.4, -0.2) is 70.1 Å². The van der Waals surface area contributed by atoms with Crippen LogP contribution in [0.5, 0.6) is 5.75 Å². The third-order valence-corrected chi connectivity index (χ3v) is 5.69. The number of rotatable bonds is 14. The van der Waals surface area contributed by atoms with Crippen LogP contribution in [0.4, 0.5) is 0 Å². The number of hydrogen-bond donors (Lipinski definition) is 6. The number of carboxylic acid groups (broad SMARTS) is 1. The number of carboxylic acids is 1. The summed E-state index contributed by atoms with van der Waals surface area (Å²) in [6.07, 6.45) is 2.61. The molecule has 0 aliphatic heterocycles. The van der Waals surface area contributed by atoms with Gasteiger partial charge in [0.2, 0.25) is 17.7 Å². The van der Waals surface area contributed by atoms with Crippen LogP contribution in [0.3, 0.4) is 0 Å². The minimum atomic E-state index is -1.14. The maximum atomic E-state index is 12.8. The van der Waals surface area contributed by atoms with E-state index in [4.69, 9.17) is 5.73 Å². The fourth-order valence-corrected chi connectivity index (χ4v) is 3.60. The first-order valence-electron chi connectivity index (χ1n) is 11.1. The minimum Gasteiger partial charge on any atom is -0.508 e. The topological polar surface area (TPSA) is 171 Å². The molecule has 34 heavy (non-hydrogen) atoms. The van der Waals surface area contributed by atoms with Gasteiger partial charge in [0.05, 0.1) is 6.04 Å². The largest absolute Gasteiger partial charge is 0.508 e. The van der Waals surface area contributed by atoms with E-state index in [9.17, 15) is 29.4 Å². The van der Waals surface area contributed by atoms with Gasteiger partial charge in [-0.3, -0.25) is 14.4 Å². The van der Waals surface area contributed by atoms with Crippen molar-refractivity contribution in [3.63, 3.8) is 0 Å². The van der Waals surface area contributed by atoms with Gasteiger partial charge in [0.15, 0.2) is 0 Å². The summed E-state index contributed by atoms with van der Waals surface area (Å²) in [4.78, 5) is 49.3. The molecule has 10 nitrogen and oxygen atoms in total. The van der Waals surface area contributed by atoms with Crippen LogP contribution in [-0.2, 0) is 25.6 Å². The number of nitrogens with one attached hydrogen (secondary N) is 3. The predicted molar refractivity (Wildman–Crippen MR) is 131 cm³/mol. The molecular formula is C23H36N4O6S. The summed E-state index contributed by atoms with van der Waals surface area (Å²) in [6.45, 7) is 5.23. The molecule has 0 aliphatic rings. The van der Waals surface area contributed by atoms with Gasteiger partial charge in [-0.25, -0.2) is 4.79 Å². The molecule has 0 aliphatic carbocycles. The first kappa shape index (κ1) is 29.2. The van der Waals surface area contributed by atoms with Gasteiger partial charge in [-0.15, -0.1) is 0 Å². The van der Waals surface area contributed by atoms with E-state index in [2.05, 4.69) is 16.0 Å². The smallest absolute Gasteiger partial charge is 0.326 e. The second-order valence-electron chi connectivity index (χ2n) is 8.58. The lowest BCUT2D eigenvalue weighted by atomic mass is 10.0. The van der Waals surface area contributed by atoms with E-state index in [0.717, 1.165) is 5.56 Å². The van der Waals surface area contributed by atoms with Gasteiger partial charge in [-0.2, -0.15) is 11.8 Å². The van der Waals surface area contributed by atoms with Crippen molar-refractivity contribution in [1.82, 2.24) is 16.0 Å². The van der Waals surface area contributed by atoms with E-state index in [1.54, 1.807) is 12.1 Å². The lowest BCUT2D eigenvalue weighted by molar-refractivity contribution is -0.142. The van der Waals surface area contributed by atoms with E-state index in [-0.39, 0.29) is 24.5 Å². The lowest BCUT2D eigenvalue weighted by Crippen LogP contribution is -2.56. The fraction of sp³-hybridized carbons (Fsp3) is 0.565. The molecule has 0 saturated carbocycles. The Hall–Kier alpha value is -2.79. The maximum Gasteiger partial charge on any atom is 0.326 e. The van der Waals surface area contributed by atoms with Crippen molar-refractivity contribution in [1.29, 1.82) is 0 Å². The average molecular weight is 497 g/mol. The quantitative estimate of drug-likeness (QED) is 0.218. The minimum absolute atomic E-state index is 0.0501. The van der Waals surface area contributed by atoms with E-state index in [1.807, 2.05) is 20.1 Å². The molecule has 0 heterocycles. The Balaban J connectivity index is 2.73. The van der Waals surface area contributed by atoms with Gasteiger partial charge in [0.25, 0.3) is 0 Å². The Morgan fingerprint density at radius 3 is 2.06 bits per heavy atom. The molecule has 7 N–H and O–H groups in total. The highest BCUT2D eigenvalue weighted by Crippen LogP contribution is 2.11. The third-order valence-electron chi connectivity index (χ3n) is 5.05. The van der Waals surface area contributed by atoms with E-state index in [0.29, 0.717) is 12.2 Å². The standard InChI is InChI=1S/C23H36N4O6S/c1-13(2)11-19(22(31)26-18(23(32)33)9-10-34-4)27-20(29)14(3)25-21(30)17(24)12-15-5-7-16(28)8-6-15/h5-8,13-14,17-19,28H,9-12,24H2,1-4H3,(H,25,30)(H,26,31)(H,27,29)(H,32,33). The molecule has 11 heteroatoms. The molecule has 1 aromatic carbocycles. The Morgan fingerprint density at radius 1 is 0.941 bits per heavy atom. The Bertz CT molecular complexity index is 833. The number of amides is 3. The number of aliphatic carboxylic acids is 1. The number of aromatic hydroxyl groups is 1. The average Bonchev–Trinajstić information content (AvgIpc) is 2.76. The summed E-state index contributed by atoms with van der Waals surface area (Å²) in [6, 6.07) is 2.40. The molecule has 4 unspecified atom stereocenters. The lowest BCUT2D eigenvalue weighted by Gasteiger charge is -2.24. The Labute approximate surface area is 204 Å². The molecule has 3 amide bonds. The van der Waals surface area contributed by atoms with Crippen LogP contribution in [0.2, 0.25) is 0 Å². The van der Waals surface area contributed by atoms with Crippen LogP contribution >= 0.6 is 11.8 Å². The van der Waals surface area contributed by atoms with Gasteiger partial charge >= 0.3 is 5.97 Å². The van der Waals surface area contributed by atoms with Gasteiger partial charge in [0.1, 0.15) is 23.9 Å². The zero-order chi connectivity index (χ0) is 25.8. The molecule has 0 aromatic heterocycles. The Kier molecular flexibility index (Phi) is 12.4. The van der Waals surface area contributed by atoms with Crippen LogP contribution in [0.1, 0.15) is 39.2 Å². The van der Waals surface area contributed by atoms with Gasteiger partial charge < -0.3 is 31.9 Å². The second-order valence-corrected chi connectivity index (χ2v) is 9.56. The Morgan fingerprint density at radius 2 is 1.53 bits per heavy atom. The molecule has 0 fully saturated rings. The van der Waals surface area contributed by atoms with Crippen molar-refractivity contribution in [3.8, 4) is 5.75 Å². The number of phenols is 1. The number of benzene rings is 1. The van der Waals surface area contributed by atoms with Crippen molar-refractivity contribution < 1.29 is 29.4 Å². The van der Waals surface area contributed by atoms with Crippen LogP contribution in [0.15, 0.2) is 24.3 Å². The first-order chi connectivity index (χ1) is 15.9. The molecule has 0 spiro atoms. The number of carbonyl (C=O) groups excluding carboxylic acids is 3. The molecule has 1 aromatic rings. The molecule has 4 atom stereocenters. The third kappa shape index (κ3) is 10.4. The van der Waals surface area contributed by atoms with Gasteiger partial charge in [-0.05, 0) is 61.8 Å². The second kappa shape index (κ2) is 14.5. The normalized spacial score (nSPS) is 14.5. The highest BCUT2D eigenvalue weighted by atomic mass is 32.2. The van der Waals surface area contributed by atoms with Crippen molar-refractivity contribution in [2.24, 2.45) is 11.7 Å². The van der Waals surface area contributed by atoms with E-state index < -0.39 is 47.9 Å². The molecule has 0 bridgehead atoms. The molecular weight excluding hydrogens is 460 g/mol. The van der Waals surface area contributed by atoms with Crippen LogP contribution in [0, 0.1) is 5.92 Å². The number of carbonyl (C=O) groups is 4. The van der Waals surface area contributed by atoms with Crippen molar-refractivity contribution >= 4 is 35.5 Å². The molecule has 0 saturated heterocycles. The van der Waals surface area contributed by atoms with Gasteiger partial charge in [0, 0.05) is 0 Å². The summed E-state index contributed by atoms with van der Waals surface area (Å²) >= 11 is 1.47. The summed E-state index contributed by atoms with van der Waals surface area (Å²) in [5, 5.41) is 26.4. The maximum absolute atomic E-state index is 12.8. The summed E-state index contributed by atoms with van der Waals surface area (Å²) < 4.78 is 0. The zero-order valence-corrected chi connectivity index (χ0v) is 20.9. The highest BCUT2D eigenvalue weighted by molar-refractivity contribution is 7.98. The van der Waals surface area contributed by atoms with Gasteiger partial charge in [-0.1, -0.05) is 26.0 Å². The SMILES string of the molecule is CSCCC(NC(=O)C(CC(C)C)NC(=O)C(C)NC(=O)C(N)Cc1ccc(O)cc1)C(=O)O. The van der Waals surface area contributed by atoms with Crippen molar-refractivity contribution in [2.75, 3.05) is 12.0 Å². The first-order valence-corrected chi connectivity index (χ1v) is 12.5. The molecule has 0 radical (unpaired) electrons.